The van der Waals surface area contributed by atoms with Crippen molar-refractivity contribution in [2.75, 3.05) is 26.2 Å². The van der Waals surface area contributed by atoms with Crippen molar-refractivity contribution in [2.24, 2.45) is 0 Å². The molecular weight excluding hydrogens is 524 g/mol. The van der Waals surface area contributed by atoms with Crippen molar-refractivity contribution in [3.8, 4) is 11.5 Å². The lowest BCUT2D eigenvalue weighted by Gasteiger charge is -2.38. The van der Waals surface area contributed by atoms with E-state index in [1.54, 1.807) is 11.0 Å². The van der Waals surface area contributed by atoms with Gasteiger partial charge >= 0.3 is 0 Å². The summed E-state index contributed by atoms with van der Waals surface area (Å²) in [7, 11) is 0. The number of carbonyl (C=O) groups excluding carboxylic acids is 3. The Morgan fingerprint density at radius 3 is 2.56 bits per heavy atom. The van der Waals surface area contributed by atoms with Gasteiger partial charge in [0.25, 0.3) is 5.91 Å². The largest absolute Gasteiger partial charge is 0.457 e. The monoisotopic (exact) mass is 560 g/mol. The normalized spacial score (nSPS) is 20.0. The molecule has 0 spiro atoms. The van der Waals surface area contributed by atoms with Crippen molar-refractivity contribution in [1.29, 1.82) is 0 Å². The molecule has 4 bridgehead atoms. The van der Waals surface area contributed by atoms with Gasteiger partial charge in [0.05, 0.1) is 31.7 Å². The number of rotatable bonds is 4. The minimum atomic E-state index is -0.471. The van der Waals surface area contributed by atoms with Gasteiger partial charge in [-0.25, -0.2) is 0 Å². The highest BCUT2D eigenvalue weighted by atomic mass is 16.5. The van der Waals surface area contributed by atoms with Crippen molar-refractivity contribution < 1.29 is 28.4 Å². The minimum Gasteiger partial charge on any atom is -0.457 e. The van der Waals surface area contributed by atoms with Crippen LogP contribution in [0.15, 0.2) is 59.1 Å². The highest BCUT2D eigenvalue weighted by Crippen LogP contribution is 2.25. The maximum Gasteiger partial charge on any atom is 0.276 e. The number of piperidine rings is 1. The van der Waals surface area contributed by atoms with Crippen LogP contribution in [-0.4, -0.2) is 71.0 Å². The molecule has 2 aromatic carbocycles. The number of ether oxygens (including phenoxy) is 2. The van der Waals surface area contributed by atoms with Gasteiger partial charge in [-0.15, -0.1) is 0 Å². The zero-order valence-corrected chi connectivity index (χ0v) is 23.5. The standard InChI is InChI=1S/C31H36N4O6/c1-3-7-25-17-26(33-41-25)31(38)35-13-12-28-27(18-35)32-29(36)19-34(4-2)30(37)16-21-8-5-10-23(14-21)40-24-11-6-9-22(15-24)20-39-28/h5-6,8-11,14-15,17,27-28H,3-4,7,12-13,16,18-20H2,1-2H3,(H,32,36)/t27-,28-/m0/s1. The molecule has 2 atom stereocenters. The summed E-state index contributed by atoms with van der Waals surface area (Å²) in [4.78, 5) is 42.8. The summed E-state index contributed by atoms with van der Waals surface area (Å²) in [5.74, 6) is 1.25. The van der Waals surface area contributed by atoms with Crippen LogP contribution < -0.4 is 10.1 Å². The molecule has 0 saturated carbocycles. The van der Waals surface area contributed by atoms with Gasteiger partial charge in [-0.2, -0.15) is 0 Å². The Labute approximate surface area is 239 Å². The second kappa shape index (κ2) is 13.0. The first-order valence-corrected chi connectivity index (χ1v) is 14.2. The lowest BCUT2D eigenvalue weighted by atomic mass is 10.0. The fourth-order valence-corrected chi connectivity index (χ4v) is 5.24. The van der Waals surface area contributed by atoms with Crippen molar-refractivity contribution in [3.63, 3.8) is 0 Å². The van der Waals surface area contributed by atoms with Crippen LogP contribution in [0.5, 0.6) is 11.5 Å². The third-order valence-corrected chi connectivity index (χ3v) is 7.38. The summed E-state index contributed by atoms with van der Waals surface area (Å²) in [5.41, 5.74) is 1.98. The number of aromatic nitrogens is 1. The zero-order valence-electron chi connectivity index (χ0n) is 23.5. The van der Waals surface area contributed by atoms with Gasteiger partial charge in [0.2, 0.25) is 11.8 Å². The molecule has 2 aliphatic rings. The molecule has 0 aliphatic carbocycles. The molecular formula is C31H36N4O6. The van der Waals surface area contributed by atoms with E-state index in [2.05, 4.69) is 10.5 Å². The number of hydrogen-bond acceptors (Lipinski definition) is 7. The Morgan fingerprint density at radius 1 is 1.05 bits per heavy atom. The SMILES string of the molecule is CCCc1cc(C(=O)N2CC[C@@H]3OCc4cccc(c4)Oc4cccc(c4)CC(=O)N(CC)CC(=O)N[C@H]3C2)no1. The van der Waals surface area contributed by atoms with Crippen LogP contribution in [0.1, 0.15) is 54.1 Å². The van der Waals surface area contributed by atoms with Crippen LogP contribution in [0.25, 0.3) is 0 Å². The second-order valence-electron chi connectivity index (χ2n) is 10.5. The van der Waals surface area contributed by atoms with E-state index in [4.69, 9.17) is 14.0 Å². The lowest BCUT2D eigenvalue weighted by Crippen LogP contribution is -2.58. The van der Waals surface area contributed by atoms with E-state index >= 15 is 0 Å². The van der Waals surface area contributed by atoms with E-state index in [0.29, 0.717) is 49.8 Å². The van der Waals surface area contributed by atoms with Gasteiger partial charge in [0.15, 0.2) is 5.69 Å². The molecule has 0 unspecified atom stereocenters. The quantitative estimate of drug-likeness (QED) is 0.517. The van der Waals surface area contributed by atoms with E-state index in [1.165, 1.54) is 4.90 Å². The maximum absolute atomic E-state index is 13.3. The van der Waals surface area contributed by atoms with Gasteiger partial charge in [-0.3, -0.25) is 14.4 Å². The number of nitrogens with one attached hydrogen (secondary N) is 1. The van der Waals surface area contributed by atoms with Crippen LogP contribution in [0.3, 0.4) is 0 Å². The van der Waals surface area contributed by atoms with Crippen LogP contribution in [-0.2, 0) is 33.8 Å². The number of amides is 3. The number of carbonyl (C=O) groups is 3. The molecule has 1 fully saturated rings. The Bertz CT molecular complexity index is 1390. The van der Waals surface area contributed by atoms with Gasteiger partial charge in [0.1, 0.15) is 17.3 Å². The lowest BCUT2D eigenvalue weighted by molar-refractivity contribution is -0.136. The molecule has 2 aliphatic heterocycles. The molecule has 5 rings (SSSR count). The highest BCUT2D eigenvalue weighted by molar-refractivity contribution is 5.92. The van der Waals surface area contributed by atoms with Crippen LogP contribution >= 0.6 is 0 Å². The van der Waals surface area contributed by atoms with E-state index in [9.17, 15) is 14.4 Å². The van der Waals surface area contributed by atoms with Crippen LogP contribution in [0, 0.1) is 0 Å². The van der Waals surface area contributed by atoms with Crippen molar-refractivity contribution in [3.05, 3.63) is 77.2 Å². The van der Waals surface area contributed by atoms with Gasteiger partial charge in [0, 0.05) is 32.1 Å². The summed E-state index contributed by atoms with van der Waals surface area (Å²) in [5, 5.41) is 7.02. The molecule has 0 radical (unpaired) electrons. The predicted octanol–water partition coefficient (Wildman–Crippen LogP) is 3.74. The molecule has 41 heavy (non-hydrogen) atoms. The summed E-state index contributed by atoms with van der Waals surface area (Å²) < 4.78 is 17.7. The molecule has 1 saturated heterocycles. The van der Waals surface area contributed by atoms with E-state index in [-0.39, 0.29) is 49.0 Å². The number of likely N-dealkylation sites (N-methyl/N-ethyl adjacent to an activating group) is 1. The Hall–Kier alpha value is -4.18. The minimum absolute atomic E-state index is 0.0901. The fraction of sp³-hybridized carbons (Fsp3) is 0.419. The number of likely N-dealkylation sites (tertiary alicyclic amines) is 1. The predicted molar refractivity (Wildman–Crippen MR) is 150 cm³/mol. The first kappa shape index (κ1) is 28.4. The molecule has 3 aromatic rings. The van der Waals surface area contributed by atoms with E-state index in [0.717, 1.165) is 17.5 Å². The molecule has 1 N–H and O–H groups in total. The maximum atomic E-state index is 13.3. The summed E-state index contributed by atoms with van der Waals surface area (Å²) in [6, 6.07) is 16.3. The van der Waals surface area contributed by atoms with Crippen molar-refractivity contribution in [2.45, 2.75) is 58.3 Å². The van der Waals surface area contributed by atoms with Gasteiger partial charge < -0.3 is 29.1 Å². The summed E-state index contributed by atoms with van der Waals surface area (Å²) in [6.07, 6.45) is 1.93. The molecule has 3 amide bonds. The van der Waals surface area contributed by atoms with Crippen molar-refractivity contribution in [1.82, 2.24) is 20.3 Å². The average molecular weight is 561 g/mol. The van der Waals surface area contributed by atoms with Crippen LogP contribution in [0.2, 0.25) is 0 Å². The van der Waals surface area contributed by atoms with E-state index < -0.39 is 6.04 Å². The molecule has 10 heteroatoms. The topological polar surface area (TPSA) is 114 Å². The number of hydrogen-bond donors (Lipinski definition) is 1. The Balaban J connectivity index is 1.38. The number of benzene rings is 2. The number of fused-ring (bicyclic) bond motifs is 5. The third kappa shape index (κ3) is 7.13. The first-order valence-electron chi connectivity index (χ1n) is 14.2. The fourth-order valence-electron chi connectivity index (χ4n) is 5.24. The Morgan fingerprint density at radius 2 is 1.80 bits per heavy atom. The molecule has 10 nitrogen and oxygen atoms in total. The van der Waals surface area contributed by atoms with Gasteiger partial charge in [-0.05, 0) is 55.2 Å². The Kier molecular flexibility index (Phi) is 8.98. The third-order valence-electron chi connectivity index (χ3n) is 7.38. The smallest absolute Gasteiger partial charge is 0.276 e. The van der Waals surface area contributed by atoms with Crippen molar-refractivity contribution >= 4 is 17.7 Å². The number of nitrogens with zero attached hydrogens (tertiary/aromatic N) is 3. The molecule has 216 valence electrons. The highest BCUT2D eigenvalue weighted by Gasteiger charge is 2.35. The number of aryl methyl sites for hydroxylation is 1. The van der Waals surface area contributed by atoms with E-state index in [1.807, 2.05) is 62.4 Å². The average Bonchev–Trinajstić information content (AvgIpc) is 3.43. The molecule has 3 heterocycles. The second-order valence-corrected chi connectivity index (χ2v) is 10.5. The molecule has 1 aromatic heterocycles. The van der Waals surface area contributed by atoms with Crippen LogP contribution in [0.4, 0.5) is 0 Å². The van der Waals surface area contributed by atoms with Gasteiger partial charge in [-0.1, -0.05) is 36.3 Å². The zero-order chi connectivity index (χ0) is 28.8. The summed E-state index contributed by atoms with van der Waals surface area (Å²) in [6.45, 7) is 5.18. The summed E-state index contributed by atoms with van der Waals surface area (Å²) >= 11 is 0. The first-order chi connectivity index (χ1) is 19.9.